The summed E-state index contributed by atoms with van der Waals surface area (Å²) in [6, 6.07) is 43.3. The van der Waals surface area contributed by atoms with Gasteiger partial charge < -0.3 is 0 Å². The molecule has 0 heterocycles. The molecule has 0 fully saturated rings. The van der Waals surface area contributed by atoms with E-state index in [9.17, 15) is 101 Å². The molecule has 0 saturated carbocycles. The van der Waals surface area contributed by atoms with Crippen molar-refractivity contribution in [3.63, 3.8) is 0 Å². The SMILES string of the molecule is C1=CCC/C=C\CC1.CCP(c1ccccc1)c1ccccc1.CCP(c1ccccc1)c1ccccc1.F[P-](F)(F)(F)(F)F.F[P-](F)(F)(F)(F)F.F[P-](F)(F)(F)(F)F.F[P-](F)(F)(F)(F)F.[Ir]. The zero-order chi connectivity index (χ0) is 52.3. The fourth-order valence-corrected chi connectivity index (χ4v) is 8.50. The Hall–Kier alpha value is -2.09. The van der Waals surface area contributed by atoms with Crippen molar-refractivity contribution >= 4 is 68.3 Å². The van der Waals surface area contributed by atoms with Crippen LogP contribution in [0.1, 0.15) is 39.5 Å². The van der Waals surface area contributed by atoms with E-state index in [4.69, 9.17) is 0 Å². The third-order valence-corrected chi connectivity index (χ3v) is 11.2. The van der Waals surface area contributed by atoms with Crippen LogP contribution in [0.5, 0.6) is 0 Å². The minimum atomic E-state index is -10.7. The van der Waals surface area contributed by atoms with Crippen LogP contribution in [0, 0.1) is 0 Å². The van der Waals surface area contributed by atoms with Crippen molar-refractivity contribution in [2.45, 2.75) is 39.5 Å². The number of allylic oxidation sites excluding steroid dienone is 4. The molecule has 0 aromatic heterocycles. The maximum absolute atomic E-state index is 10.7. The molecule has 0 amide bonds. The zero-order valence-corrected chi connectivity index (χ0v) is 41.9. The van der Waals surface area contributed by atoms with Crippen molar-refractivity contribution in [3.05, 3.63) is 146 Å². The predicted molar refractivity (Wildman–Crippen MR) is 230 cm³/mol. The monoisotopic (exact) mass is 1310 g/mol. The predicted octanol–water partition coefficient (Wildman–Crippen LogP) is 22.5. The number of halogens is 24. The molecule has 397 valence electrons. The molecule has 67 heavy (non-hydrogen) atoms. The molecule has 1 aliphatic carbocycles. The van der Waals surface area contributed by atoms with Crippen LogP contribution in [-0.2, 0) is 20.1 Å². The van der Waals surface area contributed by atoms with Gasteiger partial charge in [0.05, 0.1) is 0 Å². The van der Waals surface area contributed by atoms with Gasteiger partial charge in [0.25, 0.3) is 0 Å². The molecule has 0 unspecified atom stereocenters. The van der Waals surface area contributed by atoms with Crippen molar-refractivity contribution < 1.29 is 121 Å². The second kappa shape index (κ2) is 22.5. The molecule has 4 aromatic carbocycles. The summed E-state index contributed by atoms with van der Waals surface area (Å²) in [6.45, 7) is 4.54. The fourth-order valence-electron chi connectivity index (χ4n) is 4.32. The Morgan fingerprint density at radius 1 is 0.284 bits per heavy atom. The Labute approximate surface area is 385 Å². The minimum Gasteiger partial charge on any atom is 0 e. The van der Waals surface area contributed by atoms with Crippen LogP contribution < -0.4 is 21.2 Å². The van der Waals surface area contributed by atoms with Crippen molar-refractivity contribution in [3.8, 4) is 0 Å². The van der Waals surface area contributed by atoms with Gasteiger partial charge in [-0.3, -0.25) is 0 Å². The van der Waals surface area contributed by atoms with Gasteiger partial charge in [0, 0.05) is 20.1 Å². The van der Waals surface area contributed by atoms with Gasteiger partial charge in [-0.25, -0.2) is 0 Å². The van der Waals surface area contributed by atoms with Crippen LogP contribution in [-0.4, -0.2) is 12.3 Å². The Morgan fingerprint density at radius 3 is 0.507 bits per heavy atom. The average Bonchev–Trinajstić information content (AvgIpc) is 3.06. The molecular weight excluding hydrogens is 1270 g/mol. The first-order valence-electron chi connectivity index (χ1n) is 17.9. The van der Waals surface area contributed by atoms with E-state index in [1.54, 1.807) is 0 Å². The molecule has 1 radical (unpaired) electrons. The second-order valence-electron chi connectivity index (χ2n) is 12.8. The van der Waals surface area contributed by atoms with E-state index in [0.29, 0.717) is 0 Å². The molecule has 31 heteroatoms. The third kappa shape index (κ3) is 73.0. The average molecular weight is 1310 g/mol. The Kier molecular flexibility index (Phi) is 23.3. The number of hydrogen-bond donors (Lipinski definition) is 0. The van der Waals surface area contributed by atoms with Gasteiger partial charge in [-0.1, -0.05) is 159 Å². The maximum Gasteiger partial charge on any atom is 0 e. The van der Waals surface area contributed by atoms with Gasteiger partial charge in [0.15, 0.2) is 0 Å². The largest absolute Gasteiger partial charge is 0 e. The number of rotatable bonds is 6. The summed E-state index contributed by atoms with van der Waals surface area (Å²) in [4.78, 5) is 0. The minimum absolute atomic E-state index is 0. The standard InChI is InChI=1S/2C14H15P.C8H12.4F6P.Ir/c2*1-2-15(13-9-5-3-6-10-13)14-11-7-4-8-12-14;1-2-4-6-8-7-5-3-1;4*1-7(2,3,4,5)6;/h2*3-12H,2H2,1H3;1-2,7-8H,3-6H2;;;;;/q;;;4*-1;/b;;2-1-,8-7?;;;;;. The van der Waals surface area contributed by atoms with Crippen LogP contribution in [0.3, 0.4) is 0 Å². The fraction of sp³-hybridized carbons (Fsp3) is 0.222. The summed E-state index contributed by atoms with van der Waals surface area (Å²) in [5.74, 6) is 0. The van der Waals surface area contributed by atoms with E-state index >= 15 is 0 Å². The van der Waals surface area contributed by atoms with E-state index in [2.05, 4.69) is 159 Å². The van der Waals surface area contributed by atoms with Gasteiger partial charge in [-0.05, 0) is 75.1 Å². The van der Waals surface area contributed by atoms with Crippen molar-refractivity contribution in [1.29, 1.82) is 0 Å². The number of hydrogen-bond acceptors (Lipinski definition) is 0. The summed E-state index contributed by atoms with van der Waals surface area (Å²) in [5, 5.41) is 5.89. The second-order valence-corrected chi connectivity index (χ2v) is 25.5. The Morgan fingerprint density at radius 2 is 0.403 bits per heavy atom. The summed E-state index contributed by atoms with van der Waals surface area (Å²) in [5.41, 5.74) is 0. The molecule has 0 bridgehead atoms. The topological polar surface area (TPSA) is 0 Å². The molecule has 0 saturated heterocycles. The molecule has 0 aliphatic heterocycles. The molecule has 5 rings (SSSR count). The Balaban J connectivity index is -0.000000737. The van der Waals surface area contributed by atoms with E-state index in [-0.39, 0.29) is 35.9 Å². The zero-order valence-electron chi connectivity index (χ0n) is 34.2. The Bertz CT molecular complexity index is 1720. The molecule has 0 spiro atoms. The van der Waals surface area contributed by atoms with E-state index in [1.165, 1.54) is 59.2 Å². The first-order valence-corrected chi connectivity index (χ1v) is 29.1. The van der Waals surface area contributed by atoms with Crippen molar-refractivity contribution in [1.82, 2.24) is 0 Å². The van der Waals surface area contributed by atoms with Crippen LogP contribution in [0.25, 0.3) is 0 Å². The maximum atomic E-state index is 9.87. The molecule has 4 aromatic rings. The van der Waals surface area contributed by atoms with E-state index in [0.717, 1.165) is 0 Å². The van der Waals surface area contributed by atoms with Crippen molar-refractivity contribution in [2.75, 3.05) is 12.3 Å². The number of benzene rings is 4. The van der Waals surface area contributed by atoms with Gasteiger partial charge in [-0.2, -0.15) is 0 Å². The summed E-state index contributed by atoms with van der Waals surface area (Å²) >= 11 is 0. The van der Waals surface area contributed by atoms with Gasteiger partial charge in [0.2, 0.25) is 0 Å². The smallest absolute Gasteiger partial charge is 0 e. The third-order valence-electron chi connectivity index (χ3n) is 6.24. The van der Waals surface area contributed by atoms with Gasteiger partial charge >= 0.3 is 132 Å². The normalized spacial score (nSPS) is 17.3. The van der Waals surface area contributed by atoms with Crippen LogP contribution in [0.2, 0.25) is 0 Å². The quantitative estimate of drug-likeness (QED) is 0.103. The molecular formula is C36H42F24IrP6-4. The van der Waals surface area contributed by atoms with Gasteiger partial charge in [0.1, 0.15) is 0 Å². The van der Waals surface area contributed by atoms with Crippen molar-refractivity contribution in [2.24, 2.45) is 0 Å². The molecule has 1 aliphatic rings. The molecule has 0 N–H and O–H groups in total. The first kappa shape index (κ1) is 69.2. The first-order chi connectivity index (χ1) is 28.6. The van der Waals surface area contributed by atoms with E-state index < -0.39 is 31.2 Å². The van der Waals surface area contributed by atoms with Gasteiger partial charge in [-0.15, -0.1) is 0 Å². The van der Waals surface area contributed by atoms with Crippen LogP contribution in [0.4, 0.5) is 101 Å². The van der Waals surface area contributed by atoms with E-state index in [1.807, 2.05) is 0 Å². The summed E-state index contributed by atoms with van der Waals surface area (Å²) < 4.78 is 237. The van der Waals surface area contributed by atoms with Crippen LogP contribution in [0.15, 0.2) is 146 Å². The molecule has 0 atom stereocenters. The molecule has 0 nitrogen and oxygen atoms in total. The summed E-state index contributed by atoms with van der Waals surface area (Å²) in [6.07, 6.45) is 16.4. The summed E-state index contributed by atoms with van der Waals surface area (Å²) in [7, 11) is -42.9. The van der Waals surface area contributed by atoms with Crippen LogP contribution >= 0.6 is 47.1 Å².